The predicted molar refractivity (Wildman–Crippen MR) is 78.4 cm³/mol. The summed E-state index contributed by atoms with van der Waals surface area (Å²) in [7, 11) is 0. The molecule has 2 rings (SSSR count). The van der Waals surface area contributed by atoms with Gasteiger partial charge >= 0.3 is 0 Å². The van der Waals surface area contributed by atoms with Crippen LogP contribution in [-0.4, -0.2) is 0 Å². The summed E-state index contributed by atoms with van der Waals surface area (Å²) in [5.41, 5.74) is 2.74. The summed E-state index contributed by atoms with van der Waals surface area (Å²) < 4.78 is 1.17. The lowest BCUT2D eigenvalue weighted by atomic mass is 10.1. The molecule has 17 heavy (non-hydrogen) atoms. The first kappa shape index (κ1) is 12.8. The van der Waals surface area contributed by atoms with Crippen LogP contribution in [0.4, 0.5) is 0 Å². The van der Waals surface area contributed by atoms with E-state index in [1.54, 1.807) is 11.3 Å². The van der Waals surface area contributed by atoms with Gasteiger partial charge in [-0.15, -0.1) is 11.3 Å². The van der Waals surface area contributed by atoms with Gasteiger partial charge in [0.05, 0.1) is 0 Å². The Hall–Kier alpha value is -0.640. The molecule has 0 saturated carbocycles. The molecule has 0 aliphatic carbocycles. The highest BCUT2D eigenvalue weighted by Gasteiger charge is 1.97. The van der Waals surface area contributed by atoms with Crippen LogP contribution in [0.1, 0.15) is 22.9 Å². The Morgan fingerprint density at radius 3 is 2.41 bits per heavy atom. The largest absolute Gasteiger partial charge is 0.308 e. The highest BCUT2D eigenvalue weighted by atomic mass is 79.9. The highest BCUT2D eigenvalue weighted by Crippen LogP contribution is 2.19. The van der Waals surface area contributed by atoms with Gasteiger partial charge in [-0.25, -0.2) is 0 Å². The number of halogens is 1. The minimum absolute atomic E-state index is 0.930. The number of hydrogen-bond acceptors (Lipinski definition) is 2. The first-order valence-electron chi connectivity index (χ1n) is 5.79. The van der Waals surface area contributed by atoms with Gasteiger partial charge in [0.2, 0.25) is 0 Å². The first-order chi connectivity index (χ1) is 8.28. The maximum absolute atomic E-state index is 3.47. The summed E-state index contributed by atoms with van der Waals surface area (Å²) in [6.45, 7) is 4.05. The third kappa shape index (κ3) is 3.95. The summed E-state index contributed by atoms with van der Waals surface area (Å²) in [5, 5.41) is 5.58. The van der Waals surface area contributed by atoms with Gasteiger partial charge in [-0.2, -0.15) is 0 Å². The Balaban J connectivity index is 1.81. The van der Waals surface area contributed by atoms with Crippen molar-refractivity contribution < 1.29 is 0 Å². The number of thiophene rings is 1. The Morgan fingerprint density at radius 2 is 1.82 bits per heavy atom. The van der Waals surface area contributed by atoms with E-state index in [1.165, 1.54) is 20.5 Å². The predicted octanol–water partition coefficient (Wildman–Crippen LogP) is 4.36. The van der Waals surface area contributed by atoms with Crippen LogP contribution in [0, 0.1) is 0 Å². The fraction of sp³-hybridized carbons (Fsp3) is 0.286. The molecule has 0 bridgehead atoms. The molecule has 0 unspecified atom stereocenters. The fourth-order valence-corrected chi connectivity index (χ4v) is 3.09. The number of rotatable bonds is 5. The molecule has 3 heteroatoms. The van der Waals surface area contributed by atoms with Gasteiger partial charge in [0.1, 0.15) is 0 Å². The van der Waals surface area contributed by atoms with Crippen LogP contribution in [-0.2, 0) is 19.5 Å². The fourth-order valence-electron chi connectivity index (χ4n) is 1.67. The van der Waals surface area contributed by atoms with E-state index >= 15 is 0 Å². The second-order valence-electron chi connectivity index (χ2n) is 4.00. The SMILES string of the molecule is CCc1ccc(CNCc2cc(Br)cs2)cc1. The third-order valence-electron chi connectivity index (χ3n) is 2.68. The topological polar surface area (TPSA) is 12.0 Å². The lowest BCUT2D eigenvalue weighted by molar-refractivity contribution is 0.700. The Labute approximate surface area is 115 Å². The molecular weight excluding hydrogens is 294 g/mol. The Bertz CT molecular complexity index is 461. The monoisotopic (exact) mass is 309 g/mol. The van der Waals surface area contributed by atoms with Crippen molar-refractivity contribution in [3.05, 3.63) is 56.2 Å². The maximum atomic E-state index is 3.47. The van der Waals surface area contributed by atoms with Crippen LogP contribution < -0.4 is 5.32 Å². The summed E-state index contributed by atoms with van der Waals surface area (Å²) in [4.78, 5) is 1.36. The third-order valence-corrected chi connectivity index (χ3v) is 4.38. The molecule has 0 radical (unpaired) electrons. The summed E-state index contributed by atoms with van der Waals surface area (Å²) in [6, 6.07) is 11.0. The molecule has 0 aliphatic rings. The van der Waals surface area contributed by atoms with Gasteiger partial charge in [0.15, 0.2) is 0 Å². The average molecular weight is 310 g/mol. The van der Waals surface area contributed by atoms with Crippen LogP contribution in [0.5, 0.6) is 0 Å². The number of nitrogens with one attached hydrogen (secondary N) is 1. The molecule has 0 spiro atoms. The molecule has 90 valence electrons. The van der Waals surface area contributed by atoms with Gasteiger partial charge in [-0.1, -0.05) is 31.2 Å². The van der Waals surface area contributed by atoms with Crippen molar-refractivity contribution in [3.8, 4) is 0 Å². The summed E-state index contributed by atoms with van der Waals surface area (Å²) >= 11 is 5.25. The molecule has 1 aromatic carbocycles. The van der Waals surface area contributed by atoms with Crippen LogP contribution in [0.2, 0.25) is 0 Å². The van der Waals surface area contributed by atoms with Crippen molar-refractivity contribution in [3.63, 3.8) is 0 Å². The van der Waals surface area contributed by atoms with Gasteiger partial charge in [0, 0.05) is 27.8 Å². The Morgan fingerprint density at radius 1 is 1.12 bits per heavy atom. The summed E-state index contributed by atoms with van der Waals surface area (Å²) in [6.07, 6.45) is 1.11. The molecule has 1 nitrogen and oxygen atoms in total. The molecule has 0 amide bonds. The van der Waals surface area contributed by atoms with Gasteiger partial charge in [-0.05, 0) is 39.5 Å². The molecule has 0 atom stereocenters. The van der Waals surface area contributed by atoms with E-state index in [-0.39, 0.29) is 0 Å². The normalized spacial score (nSPS) is 10.7. The number of benzene rings is 1. The van der Waals surface area contributed by atoms with E-state index in [1.807, 2.05) is 0 Å². The zero-order chi connectivity index (χ0) is 12.1. The summed E-state index contributed by atoms with van der Waals surface area (Å²) in [5.74, 6) is 0. The van der Waals surface area contributed by atoms with Gasteiger partial charge in [-0.3, -0.25) is 0 Å². The molecule has 0 aliphatic heterocycles. The van der Waals surface area contributed by atoms with E-state index < -0.39 is 0 Å². The quantitative estimate of drug-likeness (QED) is 0.865. The van der Waals surface area contributed by atoms with Crippen LogP contribution in [0.15, 0.2) is 40.2 Å². The van der Waals surface area contributed by atoms with Crippen molar-refractivity contribution in [2.75, 3.05) is 0 Å². The lowest BCUT2D eigenvalue weighted by Crippen LogP contribution is -2.11. The van der Waals surface area contributed by atoms with Crippen molar-refractivity contribution >= 4 is 27.3 Å². The van der Waals surface area contributed by atoms with Crippen LogP contribution >= 0.6 is 27.3 Å². The minimum Gasteiger partial charge on any atom is -0.308 e. The van der Waals surface area contributed by atoms with Gasteiger partial charge < -0.3 is 5.32 Å². The second-order valence-corrected chi connectivity index (χ2v) is 5.92. The zero-order valence-corrected chi connectivity index (χ0v) is 12.3. The molecule has 1 aromatic heterocycles. The number of hydrogen-bond donors (Lipinski definition) is 1. The van der Waals surface area contributed by atoms with E-state index in [4.69, 9.17) is 0 Å². The minimum atomic E-state index is 0.930. The van der Waals surface area contributed by atoms with E-state index in [0.29, 0.717) is 0 Å². The van der Waals surface area contributed by atoms with Crippen molar-refractivity contribution in [2.45, 2.75) is 26.4 Å². The van der Waals surface area contributed by atoms with E-state index in [0.717, 1.165) is 19.5 Å². The van der Waals surface area contributed by atoms with Crippen LogP contribution in [0.25, 0.3) is 0 Å². The zero-order valence-electron chi connectivity index (χ0n) is 9.87. The molecule has 0 saturated heterocycles. The maximum Gasteiger partial charge on any atom is 0.0303 e. The van der Waals surface area contributed by atoms with E-state index in [9.17, 15) is 0 Å². The van der Waals surface area contributed by atoms with Crippen LogP contribution in [0.3, 0.4) is 0 Å². The molecule has 2 aromatic rings. The van der Waals surface area contributed by atoms with Gasteiger partial charge in [0.25, 0.3) is 0 Å². The average Bonchev–Trinajstić information content (AvgIpc) is 2.76. The smallest absolute Gasteiger partial charge is 0.0303 e. The van der Waals surface area contributed by atoms with Crippen molar-refractivity contribution in [1.29, 1.82) is 0 Å². The number of aryl methyl sites for hydroxylation is 1. The van der Waals surface area contributed by atoms with Crippen molar-refractivity contribution in [1.82, 2.24) is 5.32 Å². The molecule has 0 fully saturated rings. The first-order valence-corrected chi connectivity index (χ1v) is 7.46. The standard InChI is InChI=1S/C14H16BrNS/c1-2-11-3-5-12(6-4-11)8-16-9-14-7-13(15)10-17-14/h3-7,10,16H,2,8-9H2,1H3. The lowest BCUT2D eigenvalue weighted by Gasteiger charge is -2.04. The Kier molecular flexibility index (Phi) is 4.77. The second kappa shape index (κ2) is 6.34. The van der Waals surface area contributed by atoms with E-state index in [2.05, 4.69) is 63.9 Å². The molecule has 1 heterocycles. The molecule has 1 N–H and O–H groups in total. The molecular formula is C14H16BrNS. The highest BCUT2D eigenvalue weighted by molar-refractivity contribution is 9.10. The van der Waals surface area contributed by atoms with Crippen molar-refractivity contribution in [2.24, 2.45) is 0 Å².